The van der Waals surface area contributed by atoms with Crippen molar-refractivity contribution in [2.45, 2.75) is 12.6 Å². The summed E-state index contributed by atoms with van der Waals surface area (Å²) in [6, 6.07) is 9.58. The normalized spacial score (nSPS) is 11.4. The van der Waals surface area contributed by atoms with Crippen molar-refractivity contribution < 1.29 is 13.2 Å². The number of nitrogens with zero attached hydrogens (tertiary/aromatic N) is 1. The minimum atomic E-state index is -4.34. The molecule has 2 nitrogen and oxygen atoms in total. The number of nitrogens with one attached hydrogen (secondary N) is 1. The van der Waals surface area contributed by atoms with Gasteiger partial charge >= 0.3 is 6.18 Å². The number of hydrogen-bond donors (Lipinski definition) is 1. The van der Waals surface area contributed by atoms with Crippen LogP contribution in [0.3, 0.4) is 0 Å². The topological polar surface area (TPSA) is 24.9 Å². The van der Waals surface area contributed by atoms with Crippen molar-refractivity contribution in [3.8, 4) is 0 Å². The predicted octanol–water partition coefficient (Wildman–Crippen LogP) is 4.52. The Morgan fingerprint density at radius 3 is 2.60 bits per heavy atom. The van der Waals surface area contributed by atoms with Crippen LogP contribution in [0.2, 0.25) is 0 Å². The Bertz CT molecular complexity index is 570. The summed E-state index contributed by atoms with van der Waals surface area (Å²) in [6.45, 7) is 0.391. The van der Waals surface area contributed by atoms with Crippen molar-refractivity contribution in [1.29, 1.82) is 0 Å². The van der Waals surface area contributed by atoms with Gasteiger partial charge in [0.15, 0.2) is 0 Å². The van der Waals surface area contributed by atoms with E-state index in [1.807, 2.05) is 6.07 Å². The van der Waals surface area contributed by atoms with Crippen molar-refractivity contribution in [3.05, 3.63) is 58.2 Å². The molecule has 0 atom stereocenters. The second-order valence-electron chi connectivity index (χ2n) is 4.19. The molecule has 0 aliphatic carbocycles. The van der Waals surface area contributed by atoms with Crippen LogP contribution in [0.5, 0.6) is 0 Å². The molecule has 0 saturated carbocycles. The summed E-state index contributed by atoms with van der Waals surface area (Å²) in [7, 11) is 0. The second-order valence-corrected chi connectivity index (χ2v) is 5.11. The van der Waals surface area contributed by atoms with Gasteiger partial charge in [-0.25, -0.2) is 4.98 Å². The zero-order valence-corrected chi connectivity index (χ0v) is 12.0. The summed E-state index contributed by atoms with van der Waals surface area (Å²) >= 11 is 3.07. The number of aromatic nitrogens is 1. The van der Waals surface area contributed by atoms with Gasteiger partial charge in [0.25, 0.3) is 0 Å². The van der Waals surface area contributed by atoms with Crippen molar-refractivity contribution in [3.63, 3.8) is 0 Å². The first-order chi connectivity index (χ1) is 9.47. The van der Waals surface area contributed by atoms with Gasteiger partial charge in [-0.2, -0.15) is 13.2 Å². The summed E-state index contributed by atoms with van der Waals surface area (Å²) in [5, 5.41) is 3.00. The average Bonchev–Trinajstić information content (AvgIpc) is 2.40. The molecule has 0 amide bonds. The Balaban J connectivity index is 2.06. The molecule has 0 saturated heterocycles. The van der Waals surface area contributed by atoms with Crippen LogP contribution in [0.25, 0.3) is 0 Å². The average molecular weight is 345 g/mol. The molecule has 6 heteroatoms. The summed E-state index contributed by atoms with van der Waals surface area (Å²) in [4.78, 5) is 4.05. The molecule has 106 valence electrons. The first kappa shape index (κ1) is 14.8. The Labute approximate surface area is 123 Å². The lowest BCUT2D eigenvalue weighted by Gasteiger charge is -2.13. The van der Waals surface area contributed by atoms with E-state index < -0.39 is 11.7 Å². The summed E-state index contributed by atoms with van der Waals surface area (Å²) < 4.78 is 39.2. The lowest BCUT2D eigenvalue weighted by atomic mass is 10.0. The van der Waals surface area contributed by atoms with Crippen LogP contribution in [0.15, 0.2) is 47.1 Å². The molecule has 0 fully saturated rings. The molecule has 2 rings (SSSR count). The molecule has 0 spiro atoms. The van der Waals surface area contributed by atoms with E-state index >= 15 is 0 Å². The number of anilines is 1. The molecule has 0 aliphatic heterocycles. The molecule has 0 aliphatic rings. The molecule has 0 unspecified atom stereocenters. The van der Waals surface area contributed by atoms with Gasteiger partial charge in [0.05, 0.1) is 5.56 Å². The lowest BCUT2D eigenvalue weighted by molar-refractivity contribution is -0.138. The van der Waals surface area contributed by atoms with Crippen LogP contribution >= 0.6 is 15.9 Å². The Morgan fingerprint density at radius 2 is 1.95 bits per heavy atom. The van der Waals surface area contributed by atoms with Crippen molar-refractivity contribution >= 4 is 21.7 Å². The molecule has 0 radical (unpaired) electrons. The summed E-state index contributed by atoms with van der Waals surface area (Å²) in [5.74, 6) is 0.651. The van der Waals surface area contributed by atoms with Gasteiger partial charge in [-0.05, 0) is 36.2 Å². The number of rotatable bonds is 4. The van der Waals surface area contributed by atoms with E-state index in [4.69, 9.17) is 0 Å². The van der Waals surface area contributed by atoms with E-state index in [1.54, 1.807) is 24.4 Å². The van der Waals surface area contributed by atoms with Crippen LogP contribution in [0.1, 0.15) is 11.1 Å². The van der Waals surface area contributed by atoms with Crippen LogP contribution in [-0.4, -0.2) is 11.5 Å². The van der Waals surface area contributed by atoms with Crippen LogP contribution in [0, 0.1) is 0 Å². The first-order valence-corrected chi connectivity index (χ1v) is 6.76. The van der Waals surface area contributed by atoms with E-state index in [2.05, 4.69) is 26.2 Å². The first-order valence-electron chi connectivity index (χ1n) is 5.97. The number of pyridine rings is 1. The molecule has 20 heavy (non-hydrogen) atoms. The molecular formula is C14H12BrF3N2. The second kappa shape index (κ2) is 6.26. The monoisotopic (exact) mass is 344 g/mol. The van der Waals surface area contributed by atoms with Crippen molar-refractivity contribution in [2.24, 2.45) is 0 Å². The van der Waals surface area contributed by atoms with Crippen molar-refractivity contribution in [2.75, 3.05) is 11.9 Å². The summed E-state index contributed by atoms with van der Waals surface area (Å²) in [5.41, 5.74) is -0.334. The Morgan fingerprint density at radius 1 is 1.15 bits per heavy atom. The summed E-state index contributed by atoms with van der Waals surface area (Å²) in [6.07, 6.45) is -2.44. The van der Waals surface area contributed by atoms with Crippen LogP contribution in [-0.2, 0) is 12.6 Å². The van der Waals surface area contributed by atoms with E-state index in [1.165, 1.54) is 6.07 Å². The highest BCUT2D eigenvalue weighted by Crippen LogP contribution is 2.34. The third-order valence-corrected chi connectivity index (χ3v) is 3.24. The van der Waals surface area contributed by atoms with Gasteiger partial charge in [0.2, 0.25) is 0 Å². The highest BCUT2D eigenvalue weighted by Gasteiger charge is 2.33. The van der Waals surface area contributed by atoms with Gasteiger partial charge in [-0.15, -0.1) is 0 Å². The molecule has 1 heterocycles. The number of hydrogen-bond acceptors (Lipinski definition) is 2. The largest absolute Gasteiger partial charge is 0.416 e. The minimum absolute atomic E-state index is 0.268. The maximum atomic E-state index is 12.9. The number of halogens is 4. The Hall–Kier alpha value is -1.56. The molecule has 1 N–H and O–H groups in total. The van der Waals surface area contributed by atoms with Crippen LogP contribution in [0.4, 0.5) is 19.0 Å². The highest BCUT2D eigenvalue weighted by atomic mass is 79.9. The van der Waals surface area contributed by atoms with Crippen LogP contribution < -0.4 is 5.32 Å². The van der Waals surface area contributed by atoms with Gasteiger partial charge in [0, 0.05) is 17.2 Å². The van der Waals surface area contributed by atoms with Gasteiger partial charge < -0.3 is 5.32 Å². The predicted molar refractivity (Wildman–Crippen MR) is 75.6 cm³/mol. The fourth-order valence-electron chi connectivity index (χ4n) is 1.82. The standard InChI is InChI=1S/C14H12BrF3N2/c15-11-5-4-10(12(9-11)14(16,17)18)6-8-20-13-3-1-2-7-19-13/h1-5,7,9H,6,8H2,(H,19,20). The van der Waals surface area contributed by atoms with E-state index in [9.17, 15) is 13.2 Å². The van der Waals surface area contributed by atoms with Gasteiger partial charge in [-0.1, -0.05) is 28.1 Å². The zero-order chi connectivity index (χ0) is 14.6. The van der Waals surface area contributed by atoms with E-state index in [0.717, 1.165) is 6.07 Å². The minimum Gasteiger partial charge on any atom is -0.370 e. The molecule has 1 aromatic heterocycles. The van der Waals surface area contributed by atoms with Gasteiger partial charge in [0.1, 0.15) is 5.82 Å². The zero-order valence-electron chi connectivity index (χ0n) is 10.4. The molecule has 1 aromatic carbocycles. The third-order valence-electron chi connectivity index (χ3n) is 2.74. The molecule has 0 bridgehead atoms. The molecular weight excluding hydrogens is 333 g/mol. The van der Waals surface area contributed by atoms with Crippen molar-refractivity contribution in [1.82, 2.24) is 4.98 Å². The maximum Gasteiger partial charge on any atom is 0.416 e. The third kappa shape index (κ3) is 3.96. The fourth-order valence-corrected chi connectivity index (χ4v) is 2.18. The van der Waals surface area contributed by atoms with E-state index in [0.29, 0.717) is 16.8 Å². The van der Waals surface area contributed by atoms with Gasteiger partial charge in [-0.3, -0.25) is 0 Å². The fraction of sp³-hybridized carbons (Fsp3) is 0.214. The Kier molecular flexibility index (Phi) is 4.65. The SMILES string of the molecule is FC(F)(F)c1cc(Br)ccc1CCNc1ccccn1. The lowest BCUT2D eigenvalue weighted by Crippen LogP contribution is -2.13. The highest BCUT2D eigenvalue weighted by molar-refractivity contribution is 9.10. The smallest absolute Gasteiger partial charge is 0.370 e. The molecule has 2 aromatic rings. The maximum absolute atomic E-state index is 12.9. The van der Waals surface area contributed by atoms with E-state index in [-0.39, 0.29) is 12.0 Å². The number of alkyl halides is 3. The number of benzene rings is 1. The quantitative estimate of drug-likeness (QED) is 0.882.